The molecule has 2 atom stereocenters. The van der Waals surface area contributed by atoms with Crippen molar-refractivity contribution in [1.82, 2.24) is 20.4 Å². The van der Waals surface area contributed by atoms with Gasteiger partial charge in [-0.3, -0.25) is 14.7 Å². The van der Waals surface area contributed by atoms with E-state index in [2.05, 4.69) is 34.4 Å². The summed E-state index contributed by atoms with van der Waals surface area (Å²) in [7, 11) is 1.83. The van der Waals surface area contributed by atoms with E-state index in [0.717, 1.165) is 32.0 Å². The second kappa shape index (κ2) is 12.0. The maximum atomic E-state index is 11.8. The van der Waals surface area contributed by atoms with Crippen LogP contribution in [0.2, 0.25) is 0 Å². The van der Waals surface area contributed by atoms with Gasteiger partial charge in [-0.2, -0.15) is 0 Å². The molecule has 2 aliphatic heterocycles. The van der Waals surface area contributed by atoms with E-state index < -0.39 is 0 Å². The van der Waals surface area contributed by atoms with Crippen molar-refractivity contribution in [2.24, 2.45) is 10.9 Å². The van der Waals surface area contributed by atoms with Gasteiger partial charge in [-0.25, -0.2) is 0 Å². The molecule has 2 unspecified atom stereocenters. The largest absolute Gasteiger partial charge is 0.355 e. The molecule has 6 nitrogen and oxygen atoms in total. The zero-order valence-corrected chi connectivity index (χ0v) is 19.3. The van der Waals surface area contributed by atoms with Gasteiger partial charge in [-0.15, -0.1) is 24.0 Å². The Bertz CT molecular complexity index is 457. The highest BCUT2D eigenvalue weighted by molar-refractivity contribution is 14.0. The van der Waals surface area contributed by atoms with Crippen molar-refractivity contribution < 1.29 is 4.79 Å². The second-order valence-electron chi connectivity index (χ2n) is 7.81. The van der Waals surface area contributed by atoms with Crippen LogP contribution in [0.5, 0.6) is 0 Å². The molecule has 2 saturated heterocycles. The number of halogens is 1. The summed E-state index contributed by atoms with van der Waals surface area (Å²) in [5.41, 5.74) is 0. The molecule has 152 valence electrons. The van der Waals surface area contributed by atoms with E-state index in [1.165, 1.54) is 32.4 Å². The molecule has 2 fully saturated rings. The first-order valence-corrected chi connectivity index (χ1v) is 10.0. The Balaban J connectivity index is 0.00000338. The molecule has 2 rings (SSSR count). The van der Waals surface area contributed by atoms with E-state index in [-0.39, 0.29) is 29.9 Å². The Kier molecular flexibility index (Phi) is 10.8. The first kappa shape index (κ1) is 23.5. The number of nitrogens with zero attached hydrogens (tertiary/aromatic N) is 3. The monoisotopic (exact) mass is 479 g/mol. The molecule has 0 aromatic carbocycles. The van der Waals surface area contributed by atoms with Crippen LogP contribution < -0.4 is 10.6 Å². The molecule has 0 saturated carbocycles. The van der Waals surface area contributed by atoms with Gasteiger partial charge in [-0.05, 0) is 31.7 Å². The number of guanidine groups is 1. The summed E-state index contributed by atoms with van der Waals surface area (Å²) in [4.78, 5) is 20.8. The first-order chi connectivity index (χ1) is 12.0. The number of likely N-dealkylation sites (tertiary alicyclic amines) is 2. The van der Waals surface area contributed by atoms with E-state index in [0.29, 0.717) is 24.4 Å². The lowest BCUT2D eigenvalue weighted by Gasteiger charge is -2.37. The Morgan fingerprint density at radius 1 is 1.23 bits per heavy atom. The fourth-order valence-electron chi connectivity index (χ4n) is 3.93. The van der Waals surface area contributed by atoms with Crippen molar-refractivity contribution in [3.8, 4) is 0 Å². The Hall–Kier alpha value is -0.570. The van der Waals surface area contributed by atoms with Crippen molar-refractivity contribution in [1.29, 1.82) is 0 Å². The van der Waals surface area contributed by atoms with Gasteiger partial charge >= 0.3 is 0 Å². The molecular formula is C19H38IN5O. The zero-order chi connectivity index (χ0) is 18.2. The van der Waals surface area contributed by atoms with Crippen LogP contribution in [0.1, 0.15) is 52.9 Å². The topological polar surface area (TPSA) is 60.0 Å². The van der Waals surface area contributed by atoms with Crippen LogP contribution in [0.15, 0.2) is 4.99 Å². The van der Waals surface area contributed by atoms with Crippen molar-refractivity contribution >= 4 is 35.8 Å². The number of hydrogen-bond acceptors (Lipinski definition) is 3. The summed E-state index contributed by atoms with van der Waals surface area (Å²) in [6, 6.07) is 0.899. The maximum absolute atomic E-state index is 11.8. The van der Waals surface area contributed by atoms with Crippen LogP contribution in [0.3, 0.4) is 0 Å². The second-order valence-corrected chi connectivity index (χ2v) is 7.81. The predicted octanol–water partition coefficient (Wildman–Crippen LogP) is 2.29. The molecule has 2 N–H and O–H groups in total. The SMILES string of the molecule is CCC(=O)N1CCC(NC(=NC)NCC2CCCCN2CC(C)C)C1.I. The Morgan fingerprint density at radius 3 is 2.65 bits per heavy atom. The molecule has 26 heavy (non-hydrogen) atoms. The van der Waals surface area contributed by atoms with Gasteiger partial charge in [0.25, 0.3) is 0 Å². The molecule has 0 aromatic rings. The molecule has 0 aliphatic carbocycles. The van der Waals surface area contributed by atoms with E-state index in [1.807, 2.05) is 18.9 Å². The van der Waals surface area contributed by atoms with Crippen LogP contribution in [0.4, 0.5) is 0 Å². The number of carbonyl (C=O) groups is 1. The molecule has 0 spiro atoms. The number of rotatable bonds is 6. The van der Waals surface area contributed by atoms with Crippen LogP contribution >= 0.6 is 24.0 Å². The highest BCUT2D eigenvalue weighted by Gasteiger charge is 2.27. The zero-order valence-electron chi connectivity index (χ0n) is 17.0. The van der Waals surface area contributed by atoms with Crippen molar-refractivity contribution in [2.75, 3.05) is 39.8 Å². The predicted molar refractivity (Wildman–Crippen MR) is 119 cm³/mol. The Morgan fingerprint density at radius 2 is 2.00 bits per heavy atom. The summed E-state index contributed by atoms with van der Waals surface area (Å²) < 4.78 is 0. The van der Waals surface area contributed by atoms with Gasteiger partial charge in [-0.1, -0.05) is 27.2 Å². The van der Waals surface area contributed by atoms with E-state index in [9.17, 15) is 4.79 Å². The molecule has 0 radical (unpaired) electrons. The third-order valence-electron chi connectivity index (χ3n) is 5.26. The van der Waals surface area contributed by atoms with E-state index in [4.69, 9.17) is 0 Å². The minimum absolute atomic E-state index is 0. The summed E-state index contributed by atoms with van der Waals surface area (Å²) in [6.07, 6.45) is 5.49. The lowest BCUT2D eigenvalue weighted by Crippen LogP contribution is -2.51. The van der Waals surface area contributed by atoms with Gasteiger partial charge in [0, 0.05) is 51.7 Å². The van der Waals surface area contributed by atoms with Gasteiger partial charge in [0.05, 0.1) is 0 Å². The Labute approximate surface area is 176 Å². The average Bonchev–Trinajstić information content (AvgIpc) is 3.07. The molecule has 2 aliphatic rings. The van der Waals surface area contributed by atoms with Crippen LogP contribution in [0, 0.1) is 5.92 Å². The van der Waals surface area contributed by atoms with E-state index in [1.54, 1.807) is 0 Å². The van der Waals surface area contributed by atoms with Crippen LogP contribution in [-0.2, 0) is 4.79 Å². The third-order valence-corrected chi connectivity index (χ3v) is 5.26. The van der Waals surface area contributed by atoms with Gasteiger partial charge < -0.3 is 15.5 Å². The summed E-state index contributed by atoms with van der Waals surface area (Å²) in [5, 5.41) is 7.02. The van der Waals surface area contributed by atoms with Gasteiger partial charge in [0.1, 0.15) is 0 Å². The maximum Gasteiger partial charge on any atom is 0.222 e. The summed E-state index contributed by atoms with van der Waals surface area (Å²) in [6.45, 7) is 11.5. The third kappa shape index (κ3) is 7.21. The standard InChI is InChI=1S/C19H37N5O.HI/c1-5-18(25)24-11-9-16(14-24)22-19(20-4)21-12-17-8-6-7-10-23(17)13-15(2)3;/h15-17H,5-14H2,1-4H3,(H2,20,21,22);1H. The highest BCUT2D eigenvalue weighted by atomic mass is 127. The van der Waals surface area contributed by atoms with Crippen molar-refractivity contribution in [3.05, 3.63) is 0 Å². The van der Waals surface area contributed by atoms with Gasteiger partial charge in [0.2, 0.25) is 5.91 Å². The van der Waals surface area contributed by atoms with Crippen molar-refractivity contribution in [2.45, 2.75) is 65.0 Å². The minimum atomic E-state index is 0. The quantitative estimate of drug-likeness (QED) is 0.349. The first-order valence-electron chi connectivity index (χ1n) is 10.0. The average molecular weight is 479 g/mol. The number of nitrogens with one attached hydrogen (secondary N) is 2. The molecular weight excluding hydrogens is 441 g/mol. The number of hydrogen-bond donors (Lipinski definition) is 2. The highest BCUT2D eigenvalue weighted by Crippen LogP contribution is 2.18. The number of piperidine rings is 1. The molecule has 7 heteroatoms. The van der Waals surface area contributed by atoms with Crippen molar-refractivity contribution in [3.63, 3.8) is 0 Å². The van der Waals surface area contributed by atoms with E-state index >= 15 is 0 Å². The molecule has 0 bridgehead atoms. The van der Waals surface area contributed by atoms with Gasteiger partial charge in [0.15, 0.2) is 5.96 Å². The minimum Gasteiger partial charge on any atom is -0.355 e. The normalized spacial score (nSPS) is 24.5. The lowest BCUT2D eigenvalue weighted by molar-refractivity contribution is -0.129. The number of carbonyl (C=O) groups excluding carboxylic acids is 1. The number of aliphatic imine (C=N–C) groups is 1. The lowest BCUT2D eigenvalue weighted by atomic mass is 10.0. The molecule has 1 amide bonds. The smallest absolute Gasteiger partial charge is 0.222 e. The molecule has 2 heterocycles. The summed E-state index contributed by atoms with van der Waals surface area (Å²) >= 11 is 0. The molecule has 0 aromatic heterocycles. The summed E-state index contributed by atoms with van der Waals surface area (Å²) in [5.74, 6) is 1.82. The van der Waals surface area contributed by atoms with Crippen LogP contribution in [0.25, 0.3) is 0 Å². The fraction of sp³-hybridized carbons (Fsp3) is 0.895. The fourth-order valence-corrected chi connectivity index (χ4v) is 3.93. The number of amides is 1. The van der Waals surface area contributed by atoms with Crippen LogP contribution in [-0.4, -0.2) is 73.5 Å².